The fraction of sp³-hybridized carbons (Fsp3) is 0.174. The normalized spacial score (nSPS) is 11.7. The molecule has 174 valence electrons. The molecule has 0 fully saturated rings. The monoisotopic (exact) mass is 479 g/mol. The van der Waals surface area contributed by atoms with Gasteiger partial charge in [-0.3, -0.25) is 4.72 Å². The molecule has 0 aromatic heterocycles. The number of nitrogens with one attached hydrogen (secondary N) is 1. The predicted molar refractivity (Wildman–Crippen MR) is 116 cm³/mol. The number of sulfonamides is 1. The predicted octanol–water partition coefficient (Wildman–Crippen LogP) is 5.26. The number of ether oxygens (including phenoxy) is 1. The van der Waals surface area contributed by atoms with Gasteiger partial charge in [0.15, 0.2) is 0 Å². The van der Waals surface area contributed by atoms with Crippen molar-refractivity contribution < 1.29 is 36.2 Å². The standard InChI is InChI=1S/C23H20F3NO5S/c24-23(25,26)32-20-14-5-6-15-21(20)33(30,31)27-19-13-4-2-9-17(19)11-7-10-16-8-1-3-12-18(16)22(28)29/h1-6,8-9,12-15,27H,7,10-11H2,(H,28,29). The van der Waals surface area contributed by atoms with E-state index in [2.05, 4.69) is 9.46 Å². The molecule has 0 spiro atoms. The maximum Gasteiger partial charge on any atom is 0.573 e. The Kier molecular flexibility index (Phi) is 7.27. The lowest BCUT2D eigenvalue weighted by Crippen LogP contribution is -2.21. The van der Waals surface area contributed by atoms with E-state index >= 15 is 0 Å². The van der Waals surface area contributed by atoms with Crippen molar-refractivity contribution in [3.8, 4) is 5.75 Å². The van der Waals surface area contributed by atoms with Gasteiger partial charge in [0.1, 0.15) is 10.6 Å². The molecule has 33 heavy (non-hydrogen) atoms. The molecular formula is C23H20F3NO5S. The van der Waals surface area contributed by atoms with Crippen LogP contribution in [0.1, 0.15) is 27.9 Å². The minimum absolute atomic E-state index is 0.202. The summed E-state index contributed by atoms with van der Waals surface area (Å²) in [5.41, 5.74) is 1.68. The van der Waals surface area contributed by atoms with Crippen LogP contribution in [0.15, 0.2) is 77.7 Å². The zero-order valence-electron chi connectivity index (χ0n) is 17.2. The number of hydrogen-bond acceptors (Lipinski definition) is 4. The van der Waals surface area contributed by atoms with Crippen LogP contribution in [-0.2, 0) is 22.9 Å². The fourth-order valence-corrected chi connectivity index (χ4v) is 4.57. The van der Waals surface area contributed by atoms with Crippen LogP contribution >= 0.6 is 0 Å². The van der Waals surface area contributed by atoms with Gasteiger partial charge in [0.2, 0.25) is 0 Å². The number of para-hydroxylation sites is 2. The minimum atomic E-state index is -5.05. The Morgan fingerprint density at radius 1 is 0.879 bits per heavy atom. The molecule has 0 amide bonds. The molecule has 0 saturated heterocycles. The second kappa shape index (κ2) is 9.95. The molecule has 10 heteroatoms. The number of anilines is 1. The quantitative estimate of drug-likeness (QED) is 0.437. The first-order valence-corrected chi connectivity index (χ1v) is 11.3. The van der Waals surface area contributed by atoms with Crippen molar-refractivity contribution in [3.63, 3.8) is 0 Å². The summed E-state index contributed by atoms with van der Waals surface area (Å²) >= 11 is 0. The van der Waals surface area contributed by atoms with Gasteiger partial charge in [-0.25, -0.2) is 13.2 Å². The molecule has 0 aliphatic heterocycles. The molecule has 0 heterocycles. The average molecular weight is 479 g/mol. The van der Waals surface area contributed by atoms with Crippen LogP contribution in [0.3, 0.4) is 0 Å². The molecule has 0 bridgehead atoms. The minimum Gasteiger partial charge on any atom is -0.478 e. The number of aryl methyl sites for hydroxylation is 2. The van der Waals surface area contributed by atoms with Crippen molar-refractivity contribution in [2.24, 2.45) is 0 Å². The number of rotatable bonds is 9. The summed E-state index contributed by atoms with van der Waals surface area (Å²) in [7, 11) is -4.39. The van der Waals surface area contributed by atoms with Crippen LogP contribution in [0.5, 0.6) is 5.75 Å². The summed E-state index contributed by atoms with van der Waals surface area (Å²) in [5.74, 6) is -1.86. The van der Waals surface area contributed by atoms with Crippen LogP contribution in [0.4, 0.5) is 18.9 Å². The largest absolute Gasteiger partial charge is 0.573 e. The summed E-state index contributed by atoms with van der Waals surface area (Å²) in [5, 5.41) is 9.30. The van der Waals surface area contributed by atoms with Gasteiger partial charge >= 0.3 is 12.3 Å². The molecule has 0 aliphatic carbocycles. The maximum atomic E-state index is 12.9. The second-order valence-electron chi connectivity index (χ2n) is 7.07. The topological polar surface area (TPSA) is 92.7 Å². The summed E-state index contributed by atoms with van der Waals surface area (Å²) in [4.78, 5) is 10.7. The van der Waals surface area contributed by atoms with Crippen molar-refractivity contribution in [2.75, 3.05) is 4.72 Å². The van der Waals surface area contributed by atoms with Gasteiger partial charge in [0.05, 0.1) is 11.3 Å². The molecule has 0 atom stereocenters. The Hall–Kier alpha value is -3.53. The molecule has 6 nitrogen and oxygen atoms in total. The van der Waals surface area contributed by atoms with Crippen molar-refractivity contribution in [1.29, 1.82) is 0 Å². The highest BCUT2D eigenvalue weighted by atomic mass is 32.2. The Morgan fingerprint density at radius 3 is 2.15 bits per heavy atom. The number of carboxylic acid groups (broad SMARTS) is 1. The third-order valence-electron chi connectivity index (χ3n) is 4.77. The van der Waals surface area contributed by atoms with Crippen LogP contribution in [0.25, 0.3) is 0 Å². The zero-order chi connectivity index (χ0) is 24.1. The number of aromatic carboxylic acids is 1. The molecule has 0 saturated carbocycles. The molecule has 0 radical (unpaired) electrons. The number of hydrogen-bond donors (Lipinski definition) is 2. The lowest BCUT2D eigenvalue weighted by Gasteiger charge is -2.16. The van der Waals surface area contributed by atoms with Gasteiger partial charge in [-0.1, -0.05) is 48.5 Å². The number of alkyl halides is 3. The number of carbonyl (C=O) groups is 1. The Morgan fingerprint density at radius 2 is 1.45 bits per heavy atom. The van der Waals surface area contributed by atoms with Crippen molar-refractivity contribution in [2.45, 2.75) is 30.5 Å². The molecule has 3 aromatic carbocycles. The molecule has 0 unspecified atom stereocenters. The number of benzene rings is 3. The van der Waals surface area contributed by atoms with Gasteiger partial charge < -0.3 is 9.84 Å². The van der Waals surface area contributed by atoms with Crippen molar-refractivity contribution >= 4 is 21.7 Å². The summed E-state index contributed by atoms with van der Waals surface area (Å²) in [6.45, 7) is 0. The highest BCUT2D eigenvalue weighted by Gasteiger charge is 2.34. The second-order valence-corrected chi connectivity index (χ2v) is 8.72. The first kappa shape index (κ1) is 24.1. The van der Waals surface area contributed by atoms with E-state index < -0.39 is 33.0 Å². The van der Waals surface area contributed by atoms with E-state index in [1.54, 1.807) is 36.4 Å². The van der Waals surface area contributed by atoms with E-state index in [1.807, 2.05) is 0 Å². The first-order valence-electron chi connectivity index (χ1n) is 9.83. The number of halogens is 3. The maximum absolute atomic E-state index is 12.9. The smallest absolute Gasteiger partial charge is 0.478 e. The first-order chi connectivity index (χ1) is 15.6. The van der Waals surface area contributed by atoms with E-state index in [4.69, 9.17) is 0 Å². The van der Waals surface area contributed by atoms with E-state index in [0.717, 1.165) is 12.1 Å². The molecule has 3 rings (SSSR count). The van der Waals surface area contributed by atoms with Crippen LogP contribution in [-0.4, -0.2) is 25.9 Å². The van der Waals surface area contributed by atoms with Gasteiger partial charge in [0.25, 0.3) is 10.0 Å². The van der Waals surface area contributed by atoms with E-state index in [0.29, 0.717) is 30.4 Å². The third kappa shape index (κ3) is 6.48. The lowest BCUT2D eigenvalue weighted by atomic mass is 9.99. The fourth-order valence-electron chi connectivity index (χ4n) is 3.34. The van der Waals surface area contributed by atoms with Crippen molar-refractivity contribution in [1.82, 2.24) is 0 Å². The van der Waals surface area contributed by atoms with Crippen LogP contribution in [0.2, 0.25) is 0 Å². The molecular weight excluding hydrogens is 459 g/mol. The average Bonchev–Trinajstić information content (AvgIpc) is 2.74. The molecule has 0 aliphatic rings. The number of carboxylic acids is 1. The van der Waals surface area contributed by atoms with E-state index in [-0.39, 0.29) is 11.3 Å². The van der Waals surface area contributed by atoms with Crippen LogP contribution in [0, 0.1) is 0 Å². The summed E-state index contributed by atoms with van der Waals surface area (Å²) in [6.07, 6.45) is -3.66. The van der Waals surface area contributed by atoms with Gasteiger partial charge in [-0.05, 0) is 54.7 Å². The van der Waals surface area contributed by atoms with Crippen LogP contribution < -0.4 is 9.46 Å². The molecule has 2 N–H and O–H groups in total. The Balaban J connectivity index is 1.78. The Bertz CT molecular complexity index is 1240. The zero-order valence-corrected chi connectivity index (χ0v) is 18.0. The highest BCUT2D eigenvalue weighted by Crippen LogP contribution is 2.31. The van der Waals surface area contributed by atoms with E-state index in [1.165, 1.54) is 24.3 Å². The lowest BCUT2D eigenvalue weighted by molar-refractivity contribution is -0.275. The molecule has 3 aromatic rings. The van der Waals surface area contributed by atoms with E-state index in [9.17, 15) is 31.5 Å². The highest BCUT2D eigenvalue weighted by molar-refractivity contribution is 7.92. The van der Waals surface area contributed by atoms with Gasteiger partial charge in [0, 0.05) is 0 Å². The van der Waals surface area contributed by atoms with Gasteiger partial charge in [-0.15, -0.1) is 13.2 Å². The van der Waals surface area contributed by atoms with Gasteiger partial charge in [-0.2, -0.15) is 0 Å². The SMILES string of the molecule is O=C(O)c1ccccc1CCCc1ccccc1NS(=O)(=O)c1ccccc1OC(F)(F)F. The Labute approximate surface area is 188 Å². The summed E-state index contributed by atoms with van der Waals surface area (Å²) in [6, 6.07) is 17.6. The summed E-state index contributed by atoms with van der Waals surface area (Å²) < 4.78 is 70.0. The third-order valence-corrected chi connectivity index (χ3v) is 6.17. The van der Waals surface area contributed by atoms with Crippen molar-refractivity contribution in [3.05, 3.63) is 89.5 Å².